The maximum atomic E-state index is 9.59. The third-order valence-electron chi connectivity index (χ3n) is 1.94. The topological polar surface area (TPSA) is 40.5 Å². The molecule has 0 aliphatic heterocycles. The molecule has 0 aromatic heterocycles. The molecular formula is C16H32O2. The van der Waals surface area contributed by atoms with Gasteiger partial charge in [0, 0.05) is 0 Å². The van der Waals surface area contributed by atoms with Gasteiger partial charge in [-0.2, -0.15) is 0 Å². The first kappa shape index (κ1) is 22.3. The van der Waals surface area contributed by atoms with Crippen LogP contribution >= 0.6 is 0 Å². The molecule has 0 bridgehead atoms. The number of hydrogen-bond acceptors (Lipinski definition) is 2. The molecule has 0 heterocycles. The second-order valence-corrected chi connectivity index (χ2v) is 3.26. The summed E-state index contributed by atoms with van der Waals surface area (Å²) >= 11 is 0. The molecule has 108 valence electrons. The lowest BCUT2D eigenvalue weighted by atomic mass is 10.0. The molecule has 0 aliphatic carbocycles. The Balaban J connectivity index is -0.000000506. The van der Waals surface area contributed by atoms with Crippen LogP contribution in [0.15, 0.2) is 36.5 Å². The zero-order chi connectivity index (χ0) is 15.0. The van der Waals surface area contributed by atoms with E-state index in [9.17, 15) is 10.2 Å². The van der Waals surface area contributed by atoms with Crippen LogP contribution in [-0.2, 0) is 0 Å². The largest absolute Gasteiger partial charge is 0.390 e. The first-order chi connectivity index (χ1) is 8.63. The molecule has 0 saturated heterocycles. The van der Waals surface area contributed by atoms with Gasteiger partial charge in [0.2, 0.25) is 0 Å². The van der Waals surface area contributed by atoms with Gasteiger partial charge in [-0.1, -0.05) is 71.9 Å². The third kappa shape index (κ3) is 13.2. The average Bonchev–Trinajstić information content (AvgIpc) is 2.42. The Bertz CT molecular complexity index is 217. The molecule has 0 aromatic rings. The predicted octanol–water partition coefficient (Wildman–Crippen LogP) is 4.25. The predicted molar refractivity (Wildman–Crippen MR) is 82.7 cm³/mol. The second-order valence-electron chi connectivity index (χ2n) is 3.26. The number of hydrogen-bond donors (Lipinski definition) is 2. The average molecular weight is 256 g/mol. The van der Waals surface area contributed by atoms with Crippen molar-refractivity contribution >= 4 is 0 Å². The van der Waals surface area contributed by atoms with E-state index in [1.165, 1.54) is 0 Å². The van der Waals surface area contributed by atoms with Crippen LogP contribution < -0.4 is 0 Å². The smallest absolute Gasteiger partial charge is 0.104 e. The van der Waals surface area contributed by atoms with Gasteiger partial charge in [-0.25, -0.2) is 0 Å². The fraction of sp³-hybridized carbons (Fsp3) is 0.625. The monoisotopic (exact) mass is 256 g/mol. The van der Waals surface area contributed by atoms with Crippen molar-refractivity contribution in [3.8, 4) is 0 Å². The second kappa shape index (κ2) is 18.5. The Labute approximate surface area is 114 Å². The van der Waals surface area contributed by atoms with Crippen molar-refractivity contribution in [2.75, 3.05) is 0 Å². The minimum atomic E-state index is -0.851. The fourth-order valence-electron chi connectivity index (χ4n) is 1.09. The summed E-state index contributed by atoms with van der Waals surface area (Å²) in [6, 6.07) is 0. The van der Waals surface area contributed by atoms with Gasteiger partial charge >= 0.3 is 0 Å². The lowest BCUT2D eigenvalue weighted by Crippen LogP contribution is -2.26. The number of rotatable bonds is 6. The summed E-state index contributed by atoms with van der Waals surface area (Å²) in [5, 5.41) is 19.1. The summed E-state index contributed by atoms with van der Waals surface area (Å²) in [5.41, 5.74) is 0.545. The van der Waals surface area contributed by atoms with Crippen molar-refractivity contribution in [1.29, 1.82) is 0 Å². The minimum Gasteiger partial charge on any atom is -0.390 e. The normalized spacial score (nSPS) is 13.3. The lowest BCUT2D eigenvalue weighted by molar-refractivity contribution is 0.0383. The standard InChI is InChI=1S/C12H20O2.2C2H6/c1-4-6-7-9-10(3)12(14)11(13)8-5-2;2*1-2/h4,6-7,9,11-14H,3,5,8H2,1-2H3;2*1-2H3/b6-4-,9-7-;;. The zero-order valence-corrected chi connectivity index (χ0v) is 13.0. The summed E-state index contributed by atoms with van der Waals surface area (Å²) in [6.45, 7) is 15.6. The van der Waals surface area contributed by atoms with E-state index in [-0.39, 0.29) is 0 Å². The molecule has 0 aliphatic rings. The Kier molecular flexibility index (Phi) is 23.0. The summed E-state index contributed by atoms with van der Waals surface area (Å²) in [5.74, 6) is 0. The van der Waals surface area contributed by atoms with Gasteiger partial charge in [-0.3, -0.25) is 0 Å². The third-order valence-corrected chi connectivity index (χ3v) is 1.94. The minimum absolute atomic E-state index is 0.545. The maximum absolute atomic E-state index is 9.59. The molecule has 0 amide bonds. The molecule has 0 rings (SSSR count). The highest BCUT2D eigenvalue weighted by Gasteiger charge is 2.16. The maximum Gasteiger partial charge on any atom is 0.104 e. The molecule has 2 heteroatoms. The summed E-state index contributed by atoms with van der Waals surface area (Å²) < 4.78 is 0. The van der Waals surface area contributed by atoms with Gasteiger partial charge in [0.15, 0.2) is 0 Å². The van der Waals surface area contributed by atoms with Gasteiger partial charge in [0.25, 0.3) is 0 Å². The highest BCUT2D eigenvalue weighted by atomic mass is 16.3. The van der Waals surface area contributed by atoms with Gasteiger partial charge in [-0.05, 0) is 18.9 Å². The van der Waals surface area contributed by atoms with E-state index in [1.54, 1.807) is 12.2 Å². The van der Waals surface area contributed by atoms with Gasteiger partial charge in [-0.15, -0.1) is 0 Å². The van der Waals surface area contributed by atoms with Crippen LogP contribution in [0.4, 0.5) is 0 Å². The van der Waals surface area contributed by atoms with Crippen molar-refractivity contribution in [2.24, 2.45) is 0 Å². The highest BCUT2D eigenvalue weighted by molar-refractivity contribution is 5.23. The van der Waals surface area contributed by atoms with Gasteiger partial charge < -0.3 is 10.2 Å². The molecule has 0 radical (unpaired) electrons. The van der Waals surface area contributed by atoms with Gasteiger partial charge in [0.05, 0.1) is 6.10 Å². The van der Waals surface area contributed by atoms with Crippen molar-refractivity contribution in [3.05, 3.63) is 36.5 Å². The molecule has 0 spiro atoms. The SMILES string of the molecule is C=C(/C=C\C=C/C)C(O)C(O)CCC.CC.CC. The summed E-state index contributed by atoms with van der Waals surface area (Å²) in [7, 11) is 0. The zero-order valence-electron chi connectivity index (χ0n) is 13.0. The quantitative estimate of drug-likeness (QED) is 0.697. The Morgan fingerprint density at radius 1 is 1.11 bits per heavy atom. The molecule has 0 saturated carbocycles. The van der Waals surface area contributed by atoms with Gasteiger partial charge in [0.1, 0.15) is 6.10 Å². The highest BCUT2D eigenvalue weighted by Crippen LogP contribution is 2.10. The molecule has 0 aromatic carbocycles. The van der Waals surface area contributed by atoms with E-state index in [4.69, 9.17) is 0 Å². The number of aliphatic hydroxyl groups is 2. The van der Waals surface area contributed by atoms with E-state index in [2.05, 4.69) is 6.58 Å². The van der Waals surface area contributed by atoms with Crippen LogP contribution in [0.3, 0.4) is 0 Å². The summed E-state index contributed by atoms with van der Waals surface area (Å²) in [6.07, 6.45) is 7.14. The van der Waals surface area contributed by atoms with Crippen molar-refractivity contribution in [3.63, 3.8) is 0 Å². The Morgan fingerprint density at radius 3 is 2.00 bits per heavy atom. The van der Waals surface area contributed by atoms with Crippen LogP contribution in [0.2, 0.25) is 0 Å². The molecule has 0 fully saturated rings. The van der Waals surface area contributed by atoms with E-state index in [1.807, 2.05) is 53.7 Å². The Morgan fingerprint density at radius 2 is 1.61 bits per heavy atom. The first-order valence-corrected chi connectivity index (χ1v) is 6.97. The van der Waals surface area contributed by atoms with Crippen molar-refractivity contribution in [1.82, 2.24) is 0 Å². The molecule has 2 atom stereocenters. The number of allylic oxidation sites excluding steroid dienone is 3. The molecule has 2 nitrogen and oxygen atoms in total. The van der Waals surface area contributed by atoms with Crippen LogP contribution in [-0.4, -0.2) is 22.4 Å². The van der Waals surface area contributed by atoms with E-state index in [0.717, 1.165) is 6.42 Å². The Hall–Kier alpha value is -0.860. The van der Waals surface area contributed by atoms with Crippen LogP contribution in [0.1, 0.15) is 54.4 Å². The first-order valence-electron chi connectivity index (χ1n) is 6.97. The number of aliphatic hydroxyl groups excluding tert-OH is 2. The van der Waals surface area contributed by atoms with E-state index in [0.29, 0.717) is 12.0 Å². The molecule has 18 heavy (non-hydrogen) atoms. The van der Waals surface area contributed by atoms with Crippen LogP contribution in [0.5, 0.6) is 0 Å². The van der Waals surface area contributed by atoms with Crippen LogP contribution in [0, 0.1) is 0 Å². The molecule has 2 N–H and O–H groups in total. The van der Waals surface area contributed by atoms with Crippen LogP contribution in [0.25, 0.3) is 0 Å². The van der Waals surface area contributed by atoms with E-state index >= 15 is 0 Å². The summed E-state index contributed by atoms with van der Waals surface area (Å²) in [4.78, 5) is 0. The molecule has 2 unspecified atom stereocenters. The van der Waals surface area contributed by atoms with E-state index < -0.39 is 12.2 Å². The van der Waals surface area contributed by atoms with Crippen molar-refractivity contribution < 1.29 is 10.2 Å². The lowest BCUT2D eigenvalue weighted by Gasteiger charge is -2.17. The fourth-order valence-corrected chi connectivity index (χ4v) is 1.09. The van der Waals surface area contributed by atoms with Crippen molar-refractivity contribution in [2.45, 2.75) is 66.6 Å². The molecular weight excluding hydrogens is 224 g/mol.